The molecule has 2 saturated carbocycles. The van der Waals surface area contributed by atoms with Crippen molar-refractivity contribution in [2.24, 2.45) is 27.6 Å². The predicted molar refractivity (Wildman–Crippen MR) is 337 cm³/mol. The van der Waals surface area contributed by atoms with Crippen molar-refractivity contribution in [2.75, 3.05) is 5.73 Å². The number of halogens is 1. The number of hydrogen-bond acceptors (Lipinski definition) is 20. The quantitative estimate of drug-likeness (QED) is 0.0628. The summed E-state index contributed by atoms with van der Waals surface area (Å²) >= 11 is 10.1. The van der Waals surface area contributed by atoms with Gasteiger partial charge in [0.15, 0.2) is 5.82 Å². The first kappa shape index (κ1) is 64.9. The van der Waals surface area contributed by atoms with Crippen LogP contribution >= 0.6 is 45.6 Å². The van der Waals surface area contributed by atoms with Gasteiger partial charge < -0.3 is 35.7 Å². The summed E-state index contributed by atoms with van der Waals surface area (Å²) in [7, 11) is 0. The Kier molecular flexibility index (Phi) is 20.7. The molecule has 4 aliphatic rings. The molecule has 452 valence electrons. The van der Waals surface area contributed by atoms with Crippen molar-refractivity contribution in [3.05, 3.63) is 72.9 Å². The molecule has 7 aromatic heterocycles. The maximum atomic E-state index is 12.5. The summed E-state index contributed by atoms with van der Waals surface area (Å²) in [6.07, 6.45) is 8.65. The number of anilines is 1. The molecule has 2 aliphatic carbocycles. The van der Waals surface area contributed by atoms with Crippen LogP contribution < -0.4 is 16.8 Å². The summed E-state index contributed by atoms with van der Waals surface area (Å²) < 4.78 is 21.2. The second-order valence-corrected chi connectivity index (χ2v) is 27.9. The van der Waals surface area contributed by atoms with E-state index in [-0.39, 0.29) is 23.0 Å². The summed E-state index contributed by atoms with van der Waals surface area (Å²) in [4.78, 5) is 85.3. The van der Waals surface area contributed by atoms with Crippen molar-refractivity contribution in [2.45, 2.75) is 198 Å². The smallest absolute Gasteiger partial charge is 0.442 e. The molecule has 0 unspecified atom stereocenters. The van der Waals surface area contributed by atoms with E-state index >= 15 is 0 Å². The van der Waals surface area contributed by atoms with Crippen LogP contribution in [0.5, 0.6) is 0 Å². The number of nitrogen functional groups attached to an aromatic ring is 1. The Labute approximate surface area is 507 Å². The first-order valence-corrected chi connectivity index (χ1v) is 31.2. The lowest BCUT2D eigenvalue weighted by Gasteiger charge is -2.20. The van der Waals surface area contributed by atoms with E-state index in [2.05, 4.69) is 66.1 Å². The molecule has 0 atom stereocenters. The predicted octanol–water partition coefficient (Wildman–Crippen LogP) is 14.8. The summed E-state index contributed by atoms with van der Waals surface area (Å²) in [5, 5.41) is 10.5. The molecule has 0 bridgehead atoms. The van der Waals surface area contributed by atoms with Crippen LogP contribution in [0.2, 0.25) is 0 Å². The lowest BCUT2D eigenvalue weighted by Crippen LogP contribution is -2.36. The summed E-state index contributed by atoms with van der Waals surface area (Å²) in [5.74, 6) is 2.24. The molecule has 2 fully saturated rings. The van der Waals surface area contributed by atoms with Crippen LogP contribution in [0, 0.1) is 53.4 Å². The van der Waals surface area contributed by atoms with Gasteiger partial charge in [0.2, 0.25) is 11.1 Å². The molecule has 9 heterocycles. The SMILES string of the molecule is CC(C)(C)OC(=O)OC(=O)OC(C)(C)C.Cc1cc(C)c2c(n1)sc1c(N)nn(C(=O)OC(C)(C)C)c12.Cc1cc(C)c2c3c(sc2n1)C(N)=NC3.Cc1cc(C)c2c3c(sc2n1)C(NC(=O)C1CCCCC1)=NC3.O=C(Cl)C1CCCCC1. The van der Waals surface area contributed by atoms with E-state index < -0.39 is 35.2 Å². The average molecular weight is 1230 g/mol. The minimum Gasteiger partial charge on any atom is -0.442 e. The number of rotatable bonds is 2. The Balaban J connectivity index is 0.000000156. The van der Waals surface area contributed by atoms with Gasteiger partial charge >= 0.3 is 18.4 Å². The van der Waals surface area contributed by atoms with Gasteiger partial charge in [-0.3, -0.25) is 19.6 Å². The molecule has 0 saturated heterocycles. The third-order valence-electron chi connectivity index (χ3n) is 13.7. The number of fused-ring (bicyclic) bond motifs is 9. The zero-order valence-corrected chi connectivity index (χ0v) is 54.1. The van der Waals surface area contributed by atoms with Crippen LogP contribution in [0.4, 0.5) is 20.2 Å². The number of nitrogens with one attached hydrogen (secondary N) is 1. The number of ether oxygens (including phenoxy) is 4. The fourth-order valence-electron chi connectivity index (χ4n) is 10.3. The molecule has 2 aliphatic heterocycles. The number of aromatic nitrogens is 5. The number of nitrogens with zero attached hydrogens (tertiary/aromatic N) is 7. The Morgan fingerprint density at radius 3 is 1.48 bits per heavy atom. The van der Waals surface area contributed by atoms with Crippen molar-refractivity contribution in [3.63, 3.8) is 0 Å². The van der Waals surface area contributed by atoms with Gasteiger partial charge in [-0.05, 0) is 176 Å². The van der Waals surface area contributed by atoms with E-state index in [0.717, 1.165) is 88.5 Å². The van der Waals surface area contributed by atoms with Crippen molar-refractivity contribution in [1.29, 1.82) is 0 Å². The highest BCUT2D eigenvalue weighted by molar-refractivity contribution is 7.26. The number of aryl methyl sites for hydroxylation is 6. The van der Waals surface area contributed by atoms with Crippen molar-refractivity contribution >= 4 is 134 Å². The second kappa shape index (κ2) is 26.7. The lowest BCUT2D eigenvalue weighted by molar-refractivity contribution is -0.124. The number of thiophene rings is 3. The maximum absolute atomic E-state index is 12.5. The van der Waals surface area contributed by atoms with Crippen LogP contribution in [-0.2, 0) is 41.6 Å². The normalized spacial score (nSPS) is 15.2. The van der Waals surface area contributed by atoms with Crippen molar-refractivity contribution in [1.82, 2.24) is 30.0 Å². The second-order valence-electron chi connectivity index (χ2n) is 24.5. The summed E-state index contributed by atoms with van der Waals surface area (Å²) in [5.41, 5.74) is 19.6. The highest BCUT2D eigenvalue weighted by Crippen LogP contribution is 2.40. The summed E-state index contributed by atoms with van der Waals surface area (Å²) in [6, 6.07) is 6.22. The van der Waals surface area contributed by atoms with Crippen LogP contribution in [0.15, 0.2) is 28.2 Å². The zero-order valence-electron chi connectivity index (χ0n) is 50.9. The fraction of sp³-hybridized carbons (Fsp3) is 0.525. The molecule has 7 aromatic rings. The molecule has 1 amide bonds. The Bertz CT molecular complexity index is 3670. The highest BCUT2D eigenvalue weighted by Gasteiger charge is 2.30. The average Bonchev–Trinajstić information content (AvgIpc) is 1.85. The van der Waals surface area contributed by atoms with Crippen LogP contribution in [-0.4, -0.2) is 82.8 Å². The maximum Gasteiger partial charge on any atom is 0.519 e. The van der Waals surface area contributed by atoms with Gasteiger partial charge in [0.05, 0.1) is 27.5 Å². The standard InChI is InChI=1S/C18H21N3OS.C15H18N4O2S.C11H11N3S.C10H18O5.C7H11ClO/c1-10-8-11(2)20-18-14(10)13-9-19-16(15(13)23-18)21-17(22)12-6-4-3-5-7-12;1-7-6-8(2)17-13-9(7)10-11(22-13)12(16)18-19(10)14(20)21-15(3,4)5;1-5-3-6(2)14-11-8(5)7-4-13-10(12)9(7)15-11;1-9(2,3)14-7(11)13-8(12)15-10(4,5)6;8-7(9)6-4-2-1-3-5-6/h8,12H,3-7,9H2,1-2H3,(H,19,21,22);6H,1-5H3,(H2,16,18);3H,4H2,1-2H3,(H2,12,13);1-6H3;6H,1-5H2. The van der Waals surface area contributed by atoms with E-state index in [1.807, 2.05) is 54.5 Å². The van der Waals surface area contributed by atoms with Gasteiger partial charge in [-0.25, -0.2) is 29.3 Å². The minimum atomic E-state index is -1.06. The molecule has 19 nitrogen and oxygen atoms in total. The Hall–Kier alpha value is -6.62. The molecular formula is C61H79ClN10O9S3. The number of amidine groups is 2. The number of amides is 1. The summed E-state index contributed by atoms with van der Waals surface area (Å²) in [6.45, 7) is 29.1. The van der Waals surface area contributed by atoms with Gasteiger partial charge in [-0.15, -0.1) is 39.1 Å². The van der Waals surface area contributed by atoms with E-state index in [0.29, 0.717) is 30.3 Å². The topological polar surface area (TPSA) is 268 Å². The van der Waals surface area contributed by atoms with Gasteiger partial charge in [0.1, 0.15) is 48.5 Å². The number of carbonyl (C=O) groups excluding carboxylic acids is 5. The van der Waals surface area contributed by atoms with Gasteiger partial charge in [-0.1, -0.05) is 38.5 Å². The molecular weight excluding hydrogens is 1150 g/mol. The third-order valence-corrected chi connectivity index (χ3v) is 17.4. The van der Waals surface area contributed by atoms with E-state index in [1.165, 1.54) is 87.6 Å². The molecule has 11 rings (SSSR count). The highest BCUT2D eigenvalue weighted by atomic mass is 35.5. The van der Waals surface area contributed by atoms with Crippen molar-refractivity contribution < 1.29 is 42.9 Å². The number of aliphatic imine (C=N–C) groups is 2. The zero-order chi connectivity index (χ0) is 61.7. The molecule has 0 aromatic carbocycles. The van der Waals surface area contributed by atoms with Crippen molar-refractivity contribution in [3.8, 4) is 0 Å². The largest absolute Gasteiger partial charge is 0.519 e. The van der Waals surface area contributed by atoms with Gasteiger partial charge in [0.25, 0.3) is 0 Å². The first-order chi connectivity index (χ1) is 39.3. The van der Waals surface area contributed by atoms with Gasteiger partial charge in [0, 0.05) is 56.2 Å². The molecule has 23 heteroatoms. The Morgan fingerprint density at radius 2 is 1.01 bits per heavy atom. The van der Waals surface area contributed by atoms with E-state index in [4.69, 9.17) is 37.3 Å². The van der Waals surface area contributed by atoms with Crippen LogP contribution in [0.3, 0.4) is 0 Å². The number of nitrogens with two attached hydrogens (primary N) is 2. The van der Waals surface area contributed by atoms with E-state index in [9.17, 15) is 24.0 Å². The lowest BCUT2D eigenvalue weighted by atomic mass is 9.88. The number of pyridine rings is 3. The fourth-order valence-corrected chi connectivity index (χ4v) is 14.1. The third kappa shape index (κ3) is 16.6. The Morgan fingerprint density at radius 1 is 0.583 bits per heavy atom. The van der Waals surface area contributed by atoms with Gasteiger partial charge in [-0.2, -0.15) is 4.68 Å². The number of hydrogen-bond donors (Lipinski definition) is 3. The first-order valence-electron chi connectivity index (χ1n) is 28.3. The molecule has 5 N–H and O–H groups in total. The number of carbonyl (C=O) groups is 5. The minimum absolute atomic E-state index is 0.130. The monoisotopic (exact) mass is 1230 g/mol. The molecule has 0 spiro atoms. The van der Waals surface area contributed by atoms with E-state index in [1.54, 1.807) is 64.2 Å². The van der Waals surface area contributed by atoms with Crippen LogP contribution in [0.25, 0.3) is 40.9 Å². The molecule has 84 heavy (non-hydrogen) atoms. The molecule has 0 radical (unpaired) electrons. The van der Waals surface area contributed by atoms with Crippen LogP contribution in [0.1, 0.15) is 181 Å².